The summed E-state index contributed by atoms with van der Waals surface area (Å²) in [5.41, 5.74) is 0.960. The SMILES string of the molecule is OCC(Cc1cccc(Cl)c1)Cc1c(F)cccc1F. The monoisotopic (exact) mass is 296 g/mol. The first kappa shape index (κ1) is 14.9. The smallest absolute Gasteiger partial charge is 0.129 e. The van der Waals surface area contributed by atoms with Crippen molar-refractivity contribution in [1.82, 2.24) is 0 Å². The molecule has 1 nitrogen and oxygen atoms in total. The van der Waals surface area contributed by atoms with E-state index in [4.69, 9.17) is 11.6 Å². The Morgan fingerprint density at radius 1 is 1.00 bits per heavy atom. The molecule has 2 aromatic rings. The van der Waals surface area contributed by atoms with Gasteiger partial charge in [-0.3, -0.25) is 0 Å². The van der Waals surface area contributed by atoms with Gasteiger partial charge >= 0.3 is 0 Å². The Balaban J connectivity index is 2.13. The Labute approximate surface area is 121 Å². The third-order valence-corrected chi connectivity index (χ3v) is 3.46. The fourth-order valence-corrected chi connectivity index (χ4v) is 2.43. The fourth-order valence-electron chi connectivity index (χ4n) is 2.21. The van der Waals surface area contributed by atoms with Crippen LogP contribution in [0.15, 0.2) is 42.5 Å². The van der Waals surface area contributed by atoms with E-state index in [-0.39, 0.29) is 24.5 Å². The molecule has 0 spiro atoms. The molecule has 0 heterocycles. The predicted molar refractivity (Wildman–Crippen MR) is 75.8 cm³/mol. The first-order chi connectivity index (χ1) is 9.60. The molecule has 0 amide bonds. The highest BCUT2D eigenvalue weighted by molar-refractivity contribution is 6.30. The van der Waals surface area contributed by atoms with Gasteiger partial charge in [-0.1, -0.05) is 29.8 Å². The van der Waals surface area contributed by atoms with Gasteiger partial charge in [-0.2, -0.15) is 0 Å². The summed E-state index contributed by atoms with van der Waals surface area (Å²) in [4.78, 5) is 0. The molecule has 0 radical (unpaired) electrons. The first-order valence-electron chi connectivity index (χ1n) is 6.38. The van der Waals surface area contributed by atoms with Gasteiger partial charge in [0, 0.05) is 17.2 Å². The molecule has 0 aliphatic carbocycles. The zero-order valence-corrected chi connectivity index (χ0v) is 11.6. The molecule has 0 aliphatic rings. The molecule has 0 bridgehead atoms. The van der Waals surface area contributed by atoms with Gasteiger partial charge in [0.2, 0.25) is 0 Å². The molecule has 20 heavy (non-hydrogen) atoms. The van der Waals surface area contributed by atoms with E-state index in [2.05, 4.69) is 0 Å². The number of halogens is 3. The normalized spacial score (nSPS) is 12.4. The third-order valence-electron chi connectivity index (χ3n) is 3.23. The molecule has 106 valence electrons. The van der Waals surface area contributed by atoms with Crippen molar-refractivity contribution in [3.63, 3.8) is 0 Å². The van der Waals surface area contributed by atoms with E-state index in [0.29, 0.717) is 11.4 Å². The van der Waals surface area contributed by atoms with Gasteiger partial charge < -0.3 is 5.11 Å². The Morgan fingerprint density at radius 3 is 2.25 bits per heavy atom. The molecular formula is C16H15ClF2O. The standard InChI is InChI=1S/C16H15ClF2O/c17-13-4-1-3-11(8-13)7-12(10-20)9-14-15(18)5-2-6-16(14)19/h1-6,8,12,20H,7,9-10H2. The summed E-state index contributed by atoms with van der Waals surface area (Å²) in [6, 6.07) is 11.0. The minimum absolute atomic E-state index is 0.0218. The van der Waals surface area contributed by atoms with Crippen LogP contribution in [0, 0.1) is 17.6 Å². The lowest BCUT2D eigenvalue weighted by Crippen LogP contribution is -2.15. The zero-order chi connectivity index (χ0) is 14.5. The van der Waals surface area contributed by atoms with Gasteiger partial charge in [-0.25, -0.2) is 8.78 Å². The number of hydrogen-bond acceptors (Lipinski definition) is 1. The maximum absolute atomic E-state index is 13.6. The lowest BCUT2D eigenvalue weighted by Gasteiger charge is -2.15. The van der Waals surface area contributed by atoms with E-state index in [1.165, 1.54) is 18.2 Å². The zero-order valence-electron chi connectivity index (χ0n) is 10.8. The second-order valence-corrected chi connectivity index (χ2v) is 5.22. The van der Waals surface area contributed by atoms with E-state index in [1.54, 1.807) is 12.1 Å². The van der Waals surface area contributed by atoms with Gasteiger partial charge in [0.1, 0.15) is 11.6 Å². The summed E-state index contributed by atoms with van der Waals surface area (Å²) in [6.07, 6.45) is 0.673. The maximum Gasteiger partial charge on any atom is 0.129 e. The first-order valence-corrected chi connectivity index (χ1v) is 6.76. The molecule has 1 atom stereocenters. The van der Waals surface area contributed by atoms with Crippen molar-refractivity contribution in [1.29, 1.82) is 0 Å². The largest absolute Gasteiger partial charge is 0.396 e. The van der Waals surface area contributed by atoms with Crippen LogP contribution in [0.25, 0.3) is 0 Å². The van der Waals surface area contributed by atoms with Gasteiger partial charge in [0.15, 0.2) is 0 Å². The summed E-state index contributed by atoms with van der Waals surface area (Å²) < 4.78 is 27.2. The Kier molecular flexibility index (Phi) is 5.10. The van der Waals surface area contributed by atoms with Crippen LogP contribution in [0.5, 0.6) is 0 Å². The number of aliphatic hydroxyl groups is 1. The second-order valence-electron chi connectivity index (χ2n) is 4.79. The van der Waals surface area contributed by atoms with Gasteiger partial charge in [0.05, 0.1) is 0 Å². The van der Waals surface area contributed by atoms with Crippen molar-refractivity contribution >= 4 is 11.6 Å². The molecule has 0 aliphatic heterocycles. The molecule has 1 unspecified atom stereocenters. The van der Waals surface area contributed by atoms with Crippen LogP contribution in [0.4, 0.5) is 8.78 Å². The van der Waals surface area contributed by atoms with Crippen LogP contribution in [0.3, 0.4) is 0 Å². The fraction of sp³-hybridized carbons (Fsp3) is 0.250. The number of rotatable bonds is 5. The molecule has 0 saturated carbocycles. The van der Waals surface area contributed by atoms with Crippen LogP contribution in [0.1, 0.15) is 11.1 Å². The van der Waals surface area contributed by atoms with Crippen molar-refractivity contribution in [2.45, 2.75) is 12.8 Å². The van der Waals surface area contributed by atoms with E-state index < -0.39 is 11.6 Å². The minimum atomic E-state index is -0.574. The molecule has 4 heteroatoms. The molecule has 0 aromatic heterocycles. The highest BCUT2D eigenvalue weighted by atomic mass is 35.5. The molecule has 0 fully saturated rings. The maximum atomic E-state index is 13.6. The minimum Gasteiger partial charge on any atom is -0.396 e. The van der Waals surface area contributed by atoms with Crippen molar-refractivity contribution in [2.75, 3.05) is 6.61 Å². The Bertz CT molecular complexity index is 566. The van der Waals surface area contributed by atoms with Gasteiger partial charge in [-0.05, 0) is 48.6 Å². The predicted octanol–water partition coefficient (Wildman–Crippen LogP) is 4.01. The van der Waals surface area contributed by atoms with E-state index in [1.807, 2.05) is 12.1 Å². The van der Waals surface area contributed by atoms with E-state index in [9.17, 15) is 13.9 Å². The summed E-state index contributed by atoms with van der Waals surface area (Å²) in [6.45, 7) is -0.139. The van der Waals surface area contributed by atoms with Crippen LogP contribution in [-0.4, -0.2) is 11.7 Å². The van der Waals surface area contributed by atoms with Crippen molar-refractivity contribution in [2.24, 2.45) is 5.92 Å². The number of aliphatic hydroxyl groups excluding tert-OH is 1. The van der Waals surface area contributed by atoms with Crippen LogP contribution in [-0.2, 0) is 12.8 Å². The molecule has 2 aromatic carbocycles. The lowest BCUT2D eigenvalue weighted by atomic mass is 9.93. The molecular weight excluding hydrogens is 282 g/mol. The Morgan fingerprint density at radius 2 is 1.65 bits per heavy atom. The van der Waals surface area contributed by atoms with Gasteiger partial charge in [-0.15, -0.1) is 0 Å². The third kappa shape index (κ3) is 3.78. The van der Waals surface area contributed by atoms with Crippen LogP contribution < -0.4 is 0 Å². The van der Waals surface area contributed by atoms with Crippen molar-refractivity contribution < 1.29 is 13.9 Å². The average Bonchev–Trinajstić information content (AvgIpc) is 2.42. The quantitative estimate of drug-likeness (QED) is 0.884. The average molecular weight is 297 g/mol. The lowest BCUT2D eigenvalue weighted by molar-refractivity contribution is 0.223. The number of benzene rings is 2. The highest BCUT2D eigenvalue weighted by Crippen LogP contribution is 2.20. The summed E-state index contributed by atoms with van der Waals surface area (Å²) in [5, 5.41) is 10.0. The van der Waals surface area contributed by atoms with Crippen molar-refractivity contribution in [3.05, 3.63) is 70.2 Å². The summed E-state index contributed by atoms with van der Waals surface area (Å²) in [5.74, 6) is -1.40. The molecule has 2 rings (SSSR count). The van der Waals surface area contributed by atoms with E-state index in [0.717, 1.165) is 5.56 Å². The van der Waals surface area contributed by atoms with Crippen molar-refractivity contribution in [3.8, 4) is 0 Å². The molecule has 0 saturated heterocycles. The van der Waals surface area contributed by atoms with Gasteiger partial charge in [0.25, 0.3) is 0 Å². The topological polar surface area (TPSA) is 20.2 Å². The Hall–Kier alpha value is -1.45. The van der Waals surface area contributed by atoms with E-state index >= 15 is 0 Å². The summed E-state index contributed by atoms with van der Waals surface area (Å²) >= 11 is 5.90. The van der Waals surface area contributed by atoms with Crippen LogP contribution >= 0.6 is 11.6 Å². The highest BCUT2D eigenvalue weighted by Gasteiger charge is 2.16. The summed E-state index contributed by atoms with van der Waals surface area (Å²) in [7, 11) is 0. The van der Waals surface area contributed by atoms with Crippen LogP contribution in [0.2, 0.25) is 5.02 Å². The number of hydrogen-bond donors (Lipinski definition) is 1. The second kappa shape index (κ2) is 6.82. The molecule has 1 N–H and O–H groups in total.